The summed E-state index contributed by atoms with van der Waals surface area (Å²) in [5, 5.41) is 0. The molecular weight excluding hydrogens is 589 g/mol. The molecule has 0 saturated heterocycles. The van der Waals surface area contributed by atoms with Crippen LogP contribution in [0, 0.1) is 24.7 Å². The predicted molar refractivity (Wildman–Crippen MR) is 170 cm³/mol. The number of ether oxygens (including phenoxy) is 1. The summed E-state index contributed by atoms with van der Waals surface area (Å²) in [5.41, 5.74) is 1.28. The third-order valence-electron chi connectivity index (χ3n) is 8.32. The molecule has 2 nitrogen and oxygen atoms in total. The van der Waals surface area contributed by atoms with E-state index >= 15 is 0 Å². The topological polar surface area (TPSA) is 9.23 Å². The van der Waals surface area contributed by atoms with Crippen LogP contribution in [0.2, 0.25) is 0 Å². The number of rotatable bonds is 25. The Balaban J connectivity index is 0.0000144. The molecule has 0 heterocycles. The number of quaternary nitrogens is 1. The second-order valence-electron chi connectivity index (χ2n) is 13.7. The van der Waals surface area contributed by atoms with Crippen molar-refractivity contribution < 1.29 is 33.2 Å². The van der Waals surface area contributed by atoms with Gasteiger partial charge in [-0.05, 0) is 80.9 Å². The van der Waals surface area contributed by atoms with Crippen LogP contribution in [0.15, 0.2) is 24.3 Å². The minimum atomic E-state index is 0. The van der Waals surface area contributed by atoms with Gasteiger partial charge in [-0.15, -0.1) is 0 Å². The van der Waals surface area contributed by atoms with Crippen molar-refractivity contribution in [2.24, 2.45) is 17.8 Å². The predicted octanol–water partition coefficient (Wildman–Crippen LogP) is 8.01. The zero-order valence-corrected chi connectivity index (χ0v) is 29.6. The molecule has 0 atom stereocenters. The van der Waals surface area contributed by atoms with Gasteiger partial charge in [0.15, 0.2) is 0 Å². The summed E-state index contributed by atoms with van der Waals surface area (Å²) in [4.78, 5) is 0. The zero-order chi connectivity index (χ0) is 28.1. The molecular formula is C36H68INO. The number of benzene rings is 1. The third-order valence-corrected chi connectivity index (χ3v) is 8.32. The number of halogens is 1. The van der Waals surface area contributed by atoms with Crippen LogP contribution in [0.1, 0.15) is 143 Å². The highest BCUT2D eigenvalue weighted by molar-refractivity contribution is 5.27. The van der Waals surface area contributed by atoms with Gasteiger partial charge >= 0.3 is 0 Å². The van der Waals surface area contributed by atoms with Crippen molar-refractivity contribution >= 4 is 0 Å². The Hall–Kier alpha value is -0.290. The first-order chi connectivity index (χ1) is 18.2. The number of aryl methyl sites for hydroxylation is 1. The van der Waals surface area contributed by atoms with Crippen LogP contribution >= 0.6 is 0 Å². The van der Waals surface area contributed by atoms with Gasteiger partial charge in [0, 0.05) is 0 Å². The van der Waals surface area contributed by atoms with Crippen molar-refractivity contribution in [1.82, 2.24) is 0 Å². The van der Waals surface area contributed by atoms with Crippen molar-refractivity contribution in [3.63, 3.8) is 0 Å². The molecule has 0 amide bonds. The van der Waals surface area contributed by atoms with Gasteiger partial charge in [0.2, 0.25) is 0 Å². The van der Waals surface area contributed by atoms with Gasteiger partial charge in [-0.2, -0.15) is 0 Å². The van der Waals surface area contributed by atoms with E-state index in [1.54, 1.807) is 0 Å². The summed E-state index contributed by atoms with van der Waals surface area (Å²) < 4.78 is 7.62. The second-order valence-corrected chi connectivity index (χ2v) is 13.7. The van der Waals surface area contributed by atoms with Gasteiger partial charge in [0.25, 0.3) is 0 Å². The first-order valence-corrected chi connectivity index (χ1v) is 16.8. The molecule has 39 heavy (non-hydrogen) atoms. The maximum atomic E-state index is 6.34. The highest BCUT2D eigenvalue weighted by Crippen LogP contribution is 2.20. The van der Waals surface area contributed by atoms with E-state index in [0.29, 0.717) is 0 Å². The average molecular weight is 658 g/mol. The molecule has 1 aromatic rings. The summed E-state index contributed by atoms with van der Waals surface area (Å²) >= 11 is 0. The quantitative estimate of drug-likeness (QED) is 0.0588. The highest BCUT2D eigenvalue weighted by Gasteiger charge is 2.26. The molecule has 0 radical (unpaired) electrons. The van der Waals surface area contributed by atoms with Gasteiger partial charge in [-0.25, -0.2) is 0 Å². The fourth-order valence-electron chi connectivity index (χ4n) is 5.79. The normalized spacial score (nSPS) is 11.9. The Labute approximate surface area is 263 Å². The van der Waals surface area contributed by atoms with E-state index in [1.807, 2.05) is 0 Å². The Morgan fingerprint density at radius 2 is 0.974 bits per heavy atom. The molecule has 230 valence electrons. The Kier molecular flexibility index (Phi) is 24.1. The van der Waals surface area contributed by atoms with Crippen LogP contribution in [0.4, 0.5) is 0 Å². The lowest BCUT2D eigenvalue weighted by atomic mass is 10.0. The first kappa shape index (κ1) is 38.7. The minimum absolute atomic E-state index is 0. The van der Waals surface area contributed by atoms with Crippen molar-refractivity contribution in [3.05, 3.63) is 29.8 Å². The maximum Gasteiger partial charge on any atom is 0.137 e. The smallest absolute Gasteiger partial charge is 0.137 e. The van der Waals surface area contributed by atoms with Gasteiger partial charge in [0.05, 0.1) is 19.6 Å². The van der Waals surface area contributed by atoms with Crippen LogP contribution in [-0.2, 0) is 0 Å². The number of hydrogen-bond donors (Lipinski definition) is 0. The molecule has 0 aliphatic rings. The van der Waals surface area contributed by atoms with Crippen LogP contribution < -0.4 is 28.7 Å². The number of nitrogens with zero attached hydrogens (tertiary/aromatic N) is 1. The largest absolute Gasteiger partial charge is 1.00 e. The molecule has 3 heteroatoms. The summed E-state index contributed by atoms with van der Waals surface area (Å²) in [6, 6.07) is 8.59. The molecule has 0 fully saturated rings. The van der Waals surface area contributed by atoms with Gasteiger partial charge in [-0.1, -0.05) is 111 Å². The van der Waals surface area contributed by atoms with Crippen molar-refractivity contribution in [1.29, 1.82) is 0 Å². The van der Waals surface area contributed by atoms with Crippen LogP contribution in [0.25, 0.3) is 0 Å². The van der Waals surface area contributed by atoms with E-state index < -0.39 is 0 Å². The molecule has 0 unspecified atom stereocenters. The van der Waals surface area contributed by atoms with E-state index in [9.17, 15) is 0 Å². The molecule has 1 aromatic carbocycles. The number of hydrogen-bond acceptors (Lipinski definition) is 1. The first-order valence-electron chi connectivity index (χ1n) is 16.8. The lowest BCUT2D eigenvalue weighted by Gasteiger charge is -2.39. The van der Waals surface area contributed by atoms with Crippen molar-refractivity contribution in [3.8, 4) is 5.75 Å². The molecule has 0 aliphatic heterocycles. The van der Waals surface area contributed by atoms with E-state index in [-0.39, 0.29) is 24.0 Å². The molecule has 0 spiro atoms. The molecule has 0 aromatic heterocycles. The van der Waals surface area contributed by atoms with E-state index in [2.05, 4.69) is 72.7 Å². The molecule has 0 aliphatic carbocycles. The average Bonchev–Trinajstić information content (AvgIpc) is 2.85. The van der Waals surface area contributed by atoms with Gasteiger partial charge in [0.1, 0.15) is 18.9 Å². The van der Waals surface area contributed by atoms with E-state index in [0.717, 1.165) is 36.7 Å². The highest BCUT2D eigenvalue weighted by atomic mass is 127. The summed E-state index contributed by atoms with van der Waals surface area (Å²) in [7, 11) is 0. The lowest BCUT2D eigenvalue weighted by molar-refractivity contribution is -0.928. The monoisotopic (exact) mass is 657 g/mol. The summed E-state index contributed by atoms with van der Waals surface area (Å²) in [6.07, 6.45) is 20.9. The Morgan fingerprint density at radius 1 is 0.564 bits per heavy atom. The van der Waals surface area contributed by atoms with Crippen molar-refractivity contribution in [2.45, 2.75) is 145 Å². The Morgan fingerprint density at radius 3 is 1.36 bits per heavy atom. The Bertz CT molecular complexity index is 621. The fourth-order valence-corrected chi connectivity index (χ4v) is 5.79. The standard InChI is InChI=1S/C36H68NO.HI/c1-32(2)21-14-8-11-17-26-37(27-18-12-9-15-22-33(3)4,28-19-13-10-16-23-34(5)6)29-30-38-36-25-20-24-35(7)31-36;/h20,24-25,31-34H,8-19,21-23,26-30H2,1-7H3;1H/q+1;/p-1. The van der Waals surface area contributed by atoms with E-state index in [4.69, 9.17) is 4.74 Å². The lowest BCUT2D eigenvalue weighted by Crippen LogP contribution is -3.00. The van der Waals surface area contributed by atoms with Gasteiger partial charge < -0.3 is 33.2 Å². The van der Waals surface area contributed by atoms with Crippen molar-refractivity contribution in [2.75, 3.05) is 32.8 Å². The molecule has 0 bridgehead atoms. The summed E-state index contributed by atoms with van der Waals surface area (Å²) in [5.74, 6) is 3.57. The molecule has 0 N–H and O–H groups in total. The molecule has 0 saturated carbocycles. The van der Waals surface area contributed by atoms with E-state index in [1.165, 1.54) is 126 Å². The maximum absolute atomic E-state index is 6.34. The fraction of sp³-hybridized carbons (Fsp3) is 0.833. The zero-order valence-electron chi connectivity index (χ0n) is 27.4. The number of unbranched alkanes of at least 4 members (excludes halogenated alkanes) is 9. The molecule has 1 rings (SSSR count). The van der Waals surface area contributed by atoms with Crippen LogP contribution in [0.3, 0.4) is 0 Å². The minimum Gasteiger partial charge on any atom is -1.00 e. The third kappa shape index (κ3) is 22.0. The van der Waals surface area contributed by atoms with Crippen LogP contribution in [0.5, 0.6) is 5.75 Å². The van der Waals surface area contributed by atoms with Crippen LogP contribution in [-0.4, -0.2) is 37.3 Å². The SMILES string of the molecule is Cc1cccc(OCC[N+](CCCCCCC(C)C)(CCCCCCC(C)C)CCCCCCC(C)C)c1.[I-]. The van der Waals surface area contributed by atoms with Gasteiger partial charge in [-0.3, -0.25) is 0 Å². The second kappa shape index (κ2) is 24.3. The summed E-state index contributed by atoms with van der Waals surface area (Å²) in [6.45, 7) is 22.4.